The molecular formula is C15H31ClN2. The van der Waals surface area contributed by atoms with Gasteiger partial charge in [0.1, 0.15) is 0 Å². The molecule has 2 heterocycles. The molecule has 3 heteroatoms. The van der Waals surface area contributed by atoms with Crippen LogP contribution >= 0.6 is 12.4 Å². The summed E-state index contributed by atoms with van der Waals surface area (Å²) in [5.41, 5.74) is 0. The SMILES string of the molecule is CC(C)C1CCCN(CC2CCNCC2)CC1.Cl. The predicted molar refractivity (Wildman–Crippen MR) is 81.5 cm³/mol. The molecule has 0 spiro atoms. The summed E-state index contributed by atoms with van der Waals surface area (Å²) in [7, 11) is 0. The minimum absolute atomic E-state index is 0. The van der Waals surface area contributed by atoms with E-state index >= 15 is 0 Å². The second kappa shape index (κ2) is 8.39. The van der Waals surface area contributed by atoms with E-state index in [1.807, 2.05) is 0 Å². The lowest BCUT2D eigenvalue weighted by atomic mass is 9.89. The Kier molecular flexibility index (Phi) is 7.59. The molecule has 0 aromatic carbocycles. The number of rotatable bonds is 3. The summed E-state index contributed by atoms with van der Waals surface area (Å²) in [4.78, 5) is 2.75. The van der Waals surface area contributed by atoms with Crippen LogP contribution in [0.4, 0.5) is 0 Å². The van der Waals surface area contributed by atoms with Gasteiger partial charge in [0.25, 0.3) is 0 Å². The van der Waals surface area contributed by atoms with Crippen LogP contribution < -0.4 is 5.32 Å². The quantitative estimate of drug-likeness (QED) is 0.851. The number of halogens is 1. The third-order valence-electron chi connectivity index (χ3n) is 4.78. The molecule has 0 aromatic heterocycles. The van der Waals surface area contributed by atoms with Crippen LogP contribution in [0.2, 0.25) is 0 Å². The van der Waals surface area contributed by atoms with Crippen molar-refractivity contribution < 1.29 is 0 Å². The molecule has 1 atom stereocenters. The Bertz CT molecular complexity index is 215. The molecule has 2 fully saturated rings. The molecule has 0 aliphatic carbocycles. The maximum absolute atomic E-state index is 3.47. The van der Waals surface area contributed by atoms with Crippen molar-refractivity contribution in [1.29, 1.82) is 0 Å². The summed E-state index contributed by atoms with van der Waals surface area (Å²) in [6.07, 6.45) is 7.10. The van der Waals surface area contributed by atoms with Crippen LogP contribution in [0.25, 0.3) is 0 Å². The highest BCUT2D eigenvalue weighted by Gasteiger charge is 2.22. The van der Waals surface area contributed by atoms with Gasteiger partial charge in [0.05, 0.1) is 0 Å². The molecule has 0 radical (unpaired) electrons. The Hall–Kier alpha value is 0.210. The summed E-state index contributed by atoms with van der Waals surface area (Å²) in [5.74, 6) is 2.83. The number of likely N-dealkylation sites (tertiary alicyclic amines) is 1. The maximum atomic E-state index is 3.47. The largest absolute Gasteiger partial charge is 0.317 e. The molecule has 1 N–H and O–H groups in total. The first-order chi connectivity index (χ1) is 8.25. The van der Waals surface area contributed by atoms with Gasteiger partial charge < -0.3 is 10.2 Å². The van der Waals surface area contributed by atoms with Crippen molar-refractivity contribution >= 4 is 12.4 Å². The fourth-order valence-corrected chi connectivity index (χ4v) is 3.46. The zero-order valence-electron chi connectivity index (χ0n) is 12.2. The lowest BCUT2D eigenvalue weighted by Crippen LogP contribution is -2.36. The van der Waals surface area contributed by atoms with E-state index in [2.05, 4.69) is 24.1 Å². The van der Waals surface area contributed by atoms with E-state index in [9.17, 15) is 0 Å². The summed E-state index contributed by atoms with van der Waals surface area (Å²) < 4.78 is 0. The van der Waals surface area contributed by atoms with Crippen LogP contribution in [0.3, 0.4) is 0 Å². The molecule has 0 saturated carbocycles. The van der Waals surface area contributed by atoms with Gasteiger partial charge in [-0.25, -0.2) is 0 Å². The van der Waals surface area contributed by atoms with E-state index in [1.165, 1.54) is 64.8 Å². The second-order valence-electron chi connectivity index (χ2n) is 6.43. The van der Waals surface area contributed by atoms with E-state index < -0.39 is 0 Å². The van der Waals surface area contributed by atoms with Gasteiger partial charge in [0, 0.05) is 6.54 Å². The van der Waals surface area contributed by atoms with Gasteiger partial charge in [-0.15, -0.1) is 12.4 Å². The van der Waals surface area contributed by atoms with Crippen molar-refractivity contribution in [3.63, 3.8) is 0 Å². The van der Waals surface area contributed by atoms with Crippen LogP contribution in [0.15, 0.2) is 0 Å². The van der Waals surface area contributed by atoms with Crippen LogP contribution in [0.5, 0.6) is 0 Å². The summed E-state index contributed by atoms with van der Waals surface area (Å²) in [5, 5.41) is 3.47. The molecule has 18 heavy (non-hydrogen) atoms. The standard InChI is InChI=1S/C15H30N2.ClH/c1-13(2)15-4-3-10-17(11-7-15)12-14-5-8-16-9-6-14;/h13-16H,3-12H2,1-2H3;1H. The molecule has 2 aliphatic rings. The van der Waals surface area contributed by atoms with Crippen molar-refractivity contribution in [1.82, 2.24) is 10.2 Å². The van der Waals surface area contributed by atoms with E-state index in [4.69, 9.17) is 0 Å². The van der Waals surface area contributed by atoms with Gasteiger partial charge in [0.15, 0.2) is 0 Å². The van der Waals surface area contributed by atoms with E-state index in [-0.39, 0.29) is 12.4 Å². The molecule has 2 rings (SSSR count). The highest BCUT2D eigenvalue weighted by atomic mass is 35.5. The zero-order chi connectivity index (χ0) is 12.1. The molecule has 0 amide bonds. The highest BCUT2D eigenvalue weighted by molar-refractivity contribution is 5.85. The summed E-state index contributed by atoms with van der Waals surface area (Å²) >= 11 is 0. The number of nitrogens with one attached hydrogen (secondary N) is 1. The number of nitrogens with zero attached hydrogens (tertiary/aromatic N) is 1. The summed E-state index contributed by atoms with van der Waals surface area (Å²) in [6, 6.07) is 0. The molecule has 0 aromatic rings. The minimum Gasteiger partial charge on any atom is -0.317 e. The number of hydrogen-bond donors (Lipinski definition) is 1. The molecule has 108 valence electrons. The van der Waals surface area contributed by atoms with Crippen molar-refractivity contribution in [2.24, 2.45) is 17.8 Å². The lowest BCUT2D eigenvalue weighted by molar-refractivity contribution is 0.207. The molecule has 2 aliphatic heterocycles. The molecular weight excluding hydrogens is 244 g/mol. The smallest absolute Gasteiger partial charge is 0.00106 e. The first kappa shape index (κ1) is 16.3. The second-order valence-corrected chi connectivity index (χ2v) is 6.43. The number of hydrogen-bond acceptors (Lipinski definition) is 2. The Morgan fingerprint density at radius 2 is 1.78 bits per heavy atom. The topological polar surface area (TPSA) is 15.3 Å². The maximum Gasteiger partial charge on any atom is 0.00106 e. The molecule has 1 unspecified atom stereocenters. The van der Waals surface area contributed by atoms with E-state index in [1.54, 1.807) is 0 Å². The van der Waals surface area contributed by atoms with Crippen molar-refractivity contribution in [3.8, 4) is 0 Å². The van der Waals surface area contributed by atoms with Gasteiger partial charge in [-0.3, -0.25) is 0 Å². The van der Waals surface area contributed by atoms with Crippen molar-refractivity contribution in [2.75, 3.05) is 32.7 Å². The monoisotopic (exact) mass is 274 g/mol. The molecule has 2 nitrogen and oxygen atoms in total. The van der Waals surface area contributed by atoms with E-state index in [0.29, 0.717) is 0 Å². The zero-order valence-corrected chi connectivity index (χ0v) is 13.0. The number of piperidine rings is 1. The normalized spacial score (nSPS) is 27.8. The van der Waals surface area contributed by atoms with Gasteiger partial charge >= 0.3 is 0 Å². The van der Waals surface area contributed by atoms with Gasteiger partial charge in [-0.1, -0.05) is 13.8 Å². The fourth-order valence-electron chi connectivity index (χ4n) is 3.46. The first-order valence-electron chi connectivity index (χ1n) is 7.69. The van der Waals surface area contributed by atoms with Crippen LogP contribution in [-0.4, -0.2) is 37.6 Å². The van der Waals surface area contributed by atoms with Crippen molar-refractivity contribution in [2.45, 2.75) is 46.0 Å². The van der Waals surface area contributed by atoms with Crippen LogP contribution in [0.1, 0.15) is 46.0 Å². The van der Waals surface area contributed by atoms with E-state index in [0.717, 1.165) is 17.8 Å². The third-order valence-corrected chi connectivity index (χ3v) is 4.78. The lowest BCUT2D eigenvalue weighted by Gasteiger charge is -2.29. The Morgan fingerprint density at radius 1 is 1.06 bits per heavy atom. The third kappa shape index (κ3) is 5.07. The summed E-state index contributed by atoms with van der Waals surface area (Å²) in [6.45, 7) is 11.4. The molecule has 0 bridgehead atoms. The highest BCUT2D eigenvalue weighted by Crippen LogP contribution is 2.25. The van der Waals surface area contributed by atoms with Gasteiger partial charge in [-0.2, -0.15) is 0 Å². The first-order valence-corrected chi connectivity index (χ1v) is 7.69. The average Bonchev–Trinajstić information content (AvgIpc) is 2.56. The Balaban J connectivity index is 0.00000162. The average molecular weight is 275 g/mol. The van der Waals surface area contributed by atoms with Crippen molar-refractivity contribution in [3.05, 3.63) is 0 Å². The molecule has 2 saturated heterocycles. The van der Waals surface area contributed by atoms with Crippen LogP contribution in [0, 0.1) is 17.8 Å². The minimum atomic E-state index is 0. The van der Waals surface area contributed by atoms with Gasteiger partial charge in [0.2, 0.25) is 0 Å². The van der Waals surface area contributed by atoms with Crippen LogP contribution in [-0.2, 0) is 0 Å². The predicted octanol–water partition coefficient (Wildman–Crippen LogP) is 3.17. The Labute approximate surface area is 119 Å². The van der Waals surface area contributed by atoms with Gasteiger partial charge in [-0.05, 0) is 76.0 Å². The fraction of sp³-hybridized carbons (Fsp3) is 1.00. The Morgan fingerprint density at radius 3 is 2.44 bits per heavy atom.